The number of rotatable bonds is 2. The van der Waals surface area contributed by atoms with Gasteiger partial charge in [0.1, 0.15) is 11.6 Å². The summed E-state index contributed by atoms with van der Waals surface area (Å²) in [6.45, 7) is 0. The third kappa shape index (κ3) is 2.23. The lowest BCUT2D eigenvalue weighted by Crippen LogP contribution is -1.92. The predicted octanol–water partition coefficient (Wildman–Crippen LogP) is 4.43. The van der Waals surface area contributed by atoms with Crippen molar-refractivity contribution in [2.45, 2.75) is 0 Å². The zero-order chi connectivity index (χ0) is 14.3. The molecule has 3 N–H and O–H groups in total. The molecule has 0 saturated heterocycles. The van der Waals surface area contributed by atoms with Gasteiger partial charge in [-0.15, -0.1) is 11.3 Å². The van der Waals surface area contributed by atoms with Crippen LogP contribution in [0.4, 0.5) is 14.6 Å². The third-order valence-electron chi connectivity index (χ3n) is 2.85. The number of H-pyrrole nitrogens is 1. The van der Waals surface area contributed by atoms with Gasteiger partial charge in [0.05, 0.1) is 15.0 Å². The summed E-state index contributed by atoms with van der Waals surface area (Å²) in [5.41, 5.74) is 7.91. The van der Waals surface area contributed by atoms with Crippen LogP contribution in [0.25, 0.3) is 22.4 Å². The number of hydrogen-bond donors (Lipinski definition) is 2. The summed E-state index contributed by atoms with van der Waals surface area (Å²) < 4.78 is 27.9. The molecule has 3 rings (SSSR count). The number of anilines is 1. The summed E-state index contributed by atoms with van der Waals surface area (Å²) in [6, 6.07) is 5.26. The second-order valence-electron chi connectivity index (χ2n) is 4.12. The maximum atomic E-state index is 14.0. The molecule has 0 saturated carbocycles. The van der Waals surface area contributed by atoms with Crippen molar-refractivity contribution in [2.24, 2.45) is 0 Å². The Morgan fingerprint density at radius 2 is 2.05 bits per heavy atom. The van der Waals surface area contributed by atoms with E-state index in [1.807, 2.05) is 11.4 Å². The fraction of sp³-hybridized carbons (Fsp3) is 0. The normalized spacial score (nSPS) is 10.9. The first-order valence-corrected chi connectivity index (χ1v) is 7.27. The lowest BCUT2D eigenvalue weighted by Gasteiger charge is -2.05. The molecule has 0 spiro atoms. The third-order valence-corrected chi connectivity index (χ3v) is 4.36. The number of benzene rings is 1. The molecule has 2 aromatic heterocycles. The summed E-state index contributed by atoms with van der Waals surface area (Å²) in [5, 5.41) is 8.61. The van der Waals surface area contributed by atoms with Crippen LogP contribution in [-0.2, 0) is 0 Å². The van der Waals surface area contributed by atoms with Gasteiger partial charge in [0.2, 0.25) is 0 Å². The molecule has 0 aliphatic carbocycles. The van der Waals surface area contributed by atoms with Crippen LogP contribution < -0.4 is 5.73 Å². The maximum Gasteiger partial charge on any atom is 0.153 e. The van der Waals surface area contributed by atoms with Crippen molar-refractivity contribution >= 4 is 33.1 Å². The molecule has 0 fully saturated rings. The highest BCUT2D eigenvalue weighted by Gasteiger charge is 2.19. The van der Waals surface area contributed by atoms with Crippen LogP contribution >= 0.6 is 27.3 Å². The van der Waals surface area contributed by atoms with Crippen molar-refractivity contribution in [1.82, 2.24) is 10.2 Å². The van der Waals surface area contributed by atoms with Gasteiger partial charge in [-0.2, -0.15) is 5.10 Å². The van der Waals surface area contributed by atoms with Crippen molar-refractivity contribution in [3.8, 4) is 22.4 Å². The molecule has 0 amide bonds. The first kappa shape index (κ1) is 13.3. The molecular weight excluding hydrogens is 348 g/mol. The Labute approximate surface area is 125 Å². The topological polar surface area (TPSA) is 54.7 Å². The minimum absolute atomic E-state index is 0.174. The van der Waals surface area contributed by atoms with Crippen molar-refractivity contribution in [3.05, 3.63) is 45.1 Å². The van der Waals surface area contributed by atoms with Crippen LogP contribution in [0.2, 0.25) is 0 Å². The number of nitrogens with zero attached hydrogens (tertiary/aromatic N) is 1. The minimum Gasteiger partial charge on any atom is -0.382 e. The molecule has 20 heavy (non-hydrogen) atoms. The number of nitrogens with two attached hydrogens (primary N) is 1. The number of nitrogen functional groups attached to an aromatic ring is 1. The van der Waals surface area contributed by atoms with E-state index in [2.05, 4.69) is 26.1 Å². The van der Waals surface area contributed by atoms with Gasteiger partial charge in [0, 0.05) is 22.6 Å². The number of hydrogen-bond acceptors (Lipinski definition) is 3. The highest BCUT2D eigenvalue weighted by atomic mass is 79.9. The SMILES string of the molecule is Nc1n[nH]c(-c2csc(Br)c2)c1-c1ccc(F)cc1F. The lowest BCUT2D eigenvalue weighted by atomic mass is 10.0. The van der Waals surface area contributed by atoms with E-state index in [0.717, 1.165) is 15.4 Å². The Bertz CT molecular complexity index is 782. The van der Waals surface area contributed by atoms with Crippen molar-refractivity contribution < 1.29 is 8.78 Å². The molecule has 7 heteroatoms. The van der Waals surface area contributed by atoms with Gasteiger partial charge in [-0.05, 0) is 34.1 Å². The van der Waals surface area contributed by atoms with E-state index < -0.39 is 11.6 Å². The second-order valence-corrected chi connectivity index (χ2v) is 6.41. The Kier molecular flexibility index (Phi) is 3.31. The van der Waals surface area contributed by atoms with Crippen LogP contribution in [-0.4, -0.2) is 10.2 Å². The summed E-state index contributed by atoms with van der Waals surface area (Å²) in [7, 11) is 0. The van der Waals surface area contributed by atoms with Crippen LogP contribution in [0.1, 0.15) is 0 Å². The van der Waals surface area contributed by atoms with Crippen LogP contribution in [0.3, 0.4) is 0 Å². The highest BCUT2D eigenvalue weighted by molar-refractivity contribution is 9.11. The van der Waals surface area contributed by atoms with Gasteiger partial charge in [0.25, 0.3) is 0 Å². The molecule has 102 valence electrons. The number of aromatic nitrogens is 2. The Morgan fingerprint density at radius 1 is 1.25 bits per heavy atom. The first-order chi connectivity index (χ1) is 9.56. The van der Waals surface area contributed by atoms with E-state index in [-0.39, 0.29) is 11.4 Å². The monoisotopic (exact) mass is 355 g/mol. The Balaban J connectivity index is 2.21. The van der Waals surface area contributed by atoms with Crippen molar-refractivity contribution in [2.75, 3.05) is 5.73 Å². The fourth-order valence-corrected chi connectivity index (χ4v) is 3.12. The maximum absolute atomic E-state index is 14.0. The minimum atomic E-state index is -0.673. The van der Waals surface area contributed by atoms with Gasteiger partial charge < -0.3 is 5.73 Å². The fourth-order valence-electron chi connectivity index (χ4n) is 1.97. The smallest absolute Gasteiger partial charge is 0.153 e. The van der Waals surface area contributed by atoms with Gasteiger partial charge in [0.15, 0.2) is 5.82 Å². The first-order valence-electron chi connectivity index (χ1n) is 5.60. The summed E-state index contributed by atoms with van der Waals surface area (Å²) >= 11 is 4.86. The summed E-state index contributed by atoms with van der Waals surface area (Å²) in [4.78, 5) is 0. The van der Waals surface area contributed by atoms with E-state index in [0.29, 0.717) is 11.3 Å². The quantitative estimate of drug-likeness (QED) is 0.714. The van der Waals surface area contributed by atoms with Crippen molar-refractivity contribution in [1.29, 1.82) is 0 Å². The van der Waals surface area contributed by atoms with E-state index in [1.54, 1.807) is 0 Å². The number of halogens is 3. The molecule has 0 aliphatic rings. The second kappa shape index (κ2) is 4.99. The molecule has 2 heterocycles. The van der Waals surface area contributed by atoms with E-state index in [9.17, 15) is 8.78 Å². The van der Waals surface area contributed by atoms with E-state index in [1.165, 1.54) is 23.5 Å². The molecule has 3 aromatic rings. The van der Waals surface area contributed by atoms with Gasteiger partial charge in [-0.3, -0.25) is 5.10 Å². The zero-order valence-electron chi connectivity index (χ0n) is 9.95. The molecule has 0 aliphatic heterocycles. The average Bonchev–Trinajstić information content (AvgIpc) is 2.96. The number of nitrogens with one attached hydrogen (secondary N) is 1. The van der Waals surface area contributed by atoms with E-state index >= 15 is 0 Å². The summed E-state index contributed by atoms with van der Waals surface area (Å²) in [5.74, 6) is -1.13. The summed E-state index contributed by atoms with van der Waals surface area (Å²) in [6.07, 6.45) is 0. The van der Waals surface area contributed by atoms with Gasteiger partial charge >= 0.3 is 0 Å². The number of thiophene rings is 1. The van der Waals surface area contributed by atoms with Gasteiger partial charge in [-0.25, -0.2) is 8.78 Å². The molecule has 3 nitrogen and oxygen atoms in total. The molecule has 0 radical (unpaired) electrons. The van der Waals surface area contributed by atoms with Crippen molar-refractivity contribution in [3.63, 3.8) is 0 Å². The average molecular weight is 356 g/mol. The standard InChI is InChI=1S/C13H8BrF2N3S/c14-10-3-6(5-20-10)12-11(13(17)19-18-12)8-2-1-7(15)4-9(8)16/h1-5H,(H3,17,18,19). The Hall–Kier alpha value is -1.73. The van der Waals surface area contributed by atoms with Crippen LogP contribution in [0.5, 0.6) is 0 Å². The molecule has 0 atom stereocenters. The Morgan fingerprint density at radius 3 is 2.70 bits per heavy atom. The largest absolute Gasteiger partial charge is 0.382 e. The number of aromatic amines is 1. The van der Waals surface area contributed by atoms with Crippen LogP contribution in [0, 0.1) is 11.6 Å². The highest BCUT2D eigenvalue weighted by Crippen LogP contribution is 2.38. The molecule has 0 unspecified atom stereocenters. The molecule has 1 aromatic carbocycles. The molecule has 0 bridgehead atoms. The predicted molar refractivity (Wildman–Crippen MR) is 79.4 cm³/mol. The van der Waals surface area contributed by atoms with Crippen LogP contribution in [0.15, 0.2) is 33.4 Å². The zero-order valence-corrected chi connectivity index (χ0v) is 12.4. The van der Waals surface area contributed by atoms with Gasteiger partial charge in [-0.1, -0.05) is 0 Å². The van der Waals surface area contributed by atoms with E-state index in [4.69, 9.17) is 5.73 Å². The molecular formula is C13H8BrF2N3S. The lowest BCUT2D eigenvalue weighted by molar-refractivity contribution is 0.585.